The number of piperidine rings is 1. The van der Waals surface area contributed by atoms with Crippen LogP contribution in [-0.4, -0.2) is 49.4 Å². The van der Waals surface area contributed by atoms with Gasteiger partial charge in [-0.2, -0.15) is 4.98 Å². The largest absolute Gasteiger partial charge is 0.378 e. The molecule has 1 aromatic heterocycles. The quantitative estimate of drug-likeness (QED) is 0.910. The second kappa shape index (κ2) is 7.91. The van der Waals surface area contributed by atoms with Crippen LogP contribution < -0.4 is 15.1 Å². The third-order valence-corrected chi connectivity index (χ3v) is 5.02. The summed E-state index contributed by atoms with van der Waals surface area (Å²) in [6, 6.07) is 10.5. The number of anilines is 4. The fraction of sp³-hybridized carbons (Fsp3) is 0.500. The summed E-state index contributed by atoms with van der Waals surface area (Å²) in [6.07, 6.45) is 3.80. The van der Waals surface area contributed by atoms with Gasteiger partial charge in [-0.3, -0.25) is 0 Å². The Morgan fingerprint density at radius 3 is 2.50 bits per heavy atom. The number of rotatable bonds is 4. The lowest BCUT2D eigenvalue weighted by molar-refractivity contribution is 0.123. The Labute approximate surface area is 155 Å². The predicted octanol–water partition coefficient (Wildman–Crippen LogP) is 3.36. The fourth-order valence-electron chi connectivity index (χ4n) is 3.67. The zero-order valence-electron chi connectivity index (χ0n) is 15.4. The molecule has 0 unspecified atom stereocenters. The number of aryl methyl sites for hydroxylation is 1. The van der Waals surface area contributed by atoms with E-state index in [4.69, 9.17) is 9.72 Å². The summed E-state index contributed by atoms with van der Waals surface area (Å²) in [5.41, 5.74) is 3.22. The smallest absolute Gasteiger partial charge is 0.229 e. The summed E-state index contributed by atoms with van der Waals surface area (Å²) in [7, 11) is 0. The van der Waals surface area contributed by atoms with Gasteiger partial charge in [0, 0.05) is 37.9 Å². The Balaban J connectivity index is 1.58. The van der Waals surface area contributed by atoms with E-state index in [0.29, 0.717) is 5.95 Å². The van der Waals surface area contributed by atoms with Crippen LogP contribution in [0.15, 0.2) is 30.3 Å². The maximum Gasteiger partial charge on any atom is 0.229 e. The number of nitrogens with one attached hydrogen (secondary N) is 1. The second-order valence-electron chi connectivity index (χ2n) is 6.98. The lowest BCUT2D eigenvalue weighted by atomic mass is 10.1. The van der Waals surface area contributed by atoms with Gasteiger partial charge in [0.15, 0.2) is 0 Å². The molecule has 0 saturated carbocycles. The van der Waals surface area contributed by atoms with Crippen molar-refractivity contribution in [3.05, 3.63) is 36.0 Å². The van der Waals surface area contributed by atoms with Crippen LogP contribution in [0.4, 0.5) is 23.1 Å². The summed E-state index contributed by atoms with van der Waals surface area (Å²) < 4.78 is 5.49. The van der Waals surface area contributed by atoms with Gasteiger partial charge < -0.3 is 19.9 Å². The van der Waals surface area contributed by atoms with Gasteiger partial charge in [-0.15, -0.1) is 0 Å². The van der Waals surface area contributed by atoms with Crippen molar-refractivity contribution in [2.45, 2.75) is 26.2 Å². The zero-order chi connectivity index (χ0) is 17.8. The van der Waals surface area contributed by atoms with E-state index in [1.165, 1.54) is 24.9 Å². The first-order valence-corrected chi connectivity index (χ1v) is 9.59. The number of aromatic nitrogens is 2. The molecule has 1 N–H and O–H groups in total. The third-order valence-electron chi connectivity index (χ3n) is 5.02. The van der Waals surface area contributed by atoms with Gasteiger partial charge in [0.1, 0.15) is 5.82 Å². The van der Waals surface area contributed by atoms with Crippen molar-refractivity contribution in [1.29, 1.82) is 0 Å². The van der Waals surface area contributed by atoms with Crippen molar-refractivity contribution in [3.8, 4) is 0 Å². The molecule has 2 aromatic rings. The molecule has 4 rings (SSSR count). The molecule has 1 aromatic carbocycles. The van der Waals surface area contributed by atoms with E-state index < -0.39 is 0 Å². The molecule has 0 amide bonds. The molecule has 2 aliphatic rings. The number of ether oxygens (including phenoxy) is 1. The van der Waals surface area contributed by atoms with Gasteiger partial charge in [-0.1, -0.05) is 12.1 Å². The number of benzene rings is 1. The van der Waals surface area contributed by atoms with Crippen LogP contribution in [0.25, 0.3) is 0 Å². The maximum absolute atomic E-state index is 5.49. The van der Waals surface area contributed by atoms with E-state index in [-0.39, 0.29) is 0 Å². The summed E-state index contributed by atoms with van der Waals surface area (Å²) in [6.45, 7) is 7.57. The third kappa shape index (κ3) is 3.90. The number of para-hydroxylation sites is 2. The van der Waals surface area contributed by atoms with Crippen LogP contribution in [-0.2, 0) is 4.74 Å². The molecule has 138 valence electrons. The number of hydrogen-bond acceptors (Lipinski definition) is 6. The minimum absolute atomic E-state index is 0.672. The maximum atomic E-state index is 5.49. The Morgan fingerprint density at radius 2 is 1.69 bits per heavy atom. The van der Waals surface area contributed by atoms with Crippen molar-refractivity contribution >= 4 is 23.1 Å². The first kappa shape index (κ1) is 17.1. The molecule has 3 heterocycles. The van der Waals surface area contributed by atoms with Crippen molar-refractivity contribution in [2.75, 3.05) is 54.5 Å². The molecule has 0 spiro atoms. The SMILES string of the molecule is Cc1cc(N2CCCCC2)nc(Nc2ccccc2N2CCOCC2)n1. The van der Waals surface area contributed by atoms with E-state index >= 15 is 0 Å². The van der Waals surface area contributed by atoms with Gasteiger partial charge in [-0.25, -0.2) is 4.98 Å². The number of morpholine rings is 1. The minimum atomic E-state index is 0.672. The molecule has 6 heteroatoms. The van der Waals surface area contributed by atoms with Crippen LogP contribution in [0.3, 0.4) is 0 Å². The Kier molecular flexibility index (Phi) is 5.20. The first-order valence-electron chi connectivity index (χ1n) is 9.59. The van der Waals surface area contributed by atoms with Crippen LogP contribution >= 0.6 is 0 Å². The number of hydrogen-bond donors (Lipinski definition) is 1. The van der Waals surface area contributed by atoms with Crippen LogP contribution in [0.2, 0.25) is 0 Å². The summed E-state index contributed by atoms with van der Waals surface area (Å²) >= 11 is 0. The Hall–Kier alpha value is -2.34. The Bertz CT molecular complexity index is 739. The molecule has 0 aliphatic carbocycles. The summed E-state index contributed by atoms with van der Waals surface area (Å²) in [5, 5.41) is 3.46. The van der Waals surface area contributed by atoms with E-state index in [9.17, 15) is 0 Å². The van der Waals surface area contributed by atoms with Gasteiger partial charge >= 0.3 is 0 Å². The topological polar surface area (TPSA) is 53.5 Å². The highest BCUT2D eigenvalue weighted by Crippen LogP contribution is 2.29. The van der Waals surface area contributed by atoms with Crippen LogP contribution in [0, 0.1) is 6.92 Å². The van der Waals surface area contributed by atoms with E-state index in [1.54, 1.807) is 0 Å². The monoisotopic (exact) mass is 353 g/mol. The van der Waals surface area contributed by atoms with Crippen LogP contribution in [0.1, 0.15) is 25.0 Å². The number of nitrogens with zero attached hydrogens (tertiary/aromatic N) is 4. The minimum Gasteiger partial charge on any atom is -0.378 e. The van der Waals surface area contributed by atoms with Crippen molar-refractivity contribution in [3.63, 3.8) is 0 Å². The molecule has 0 atom stereocenters. The van der Waals surface area contributed by atoms with Crippen molar-refractivity contribution in [1.82, 2.24) is 9.97 Å². The molecule has 0 radical (unpaired) electrons. The lowest BCUT2D eigenvalue weighted by Gasteiger charge is -2.31. The van der Waals surface area contributed by atoms with Gasteiger partial charge in [0.2, 0.25) is 5.95 Å². The normalized spacial score (nSPS) is 18.0. The summed E-state index contributed by atoms with van der Waals surface area (Å²) in [4.78, 5) is 14.1. The highest BCUT2D eigenvalue weighted by atomic mass is 16.5. The van der Waals surface area contributed by atoms with Crippen molar-refractivity contribution < 1.29 is 4.74 Å². The van der Waals surface area contributed by atoms with E-state index in [1.807, 2.05) is 13.0 Å². The Morgan fingerprint density at radius 1 is 0.923 bits per heavy atom. The standard InChI is InChI=1S/C20H27N5O/c1-16-15-19(25-9-5-2-6-10-25)23-20(21-16)22-17-7-3-4-8-18(17)24-11-13-26-14-12-24/h3-4,7-8,15H,2,5-6,9-14H2,1H3,(H,21,22,23). The molecular formula is C20H27N5O. The van der Waals surface area contributed by atoms with Gasteiger partial charge in [0.05, 0.1) is 24.6 Å². The van der Waals surface area contributed by atoms with E-state index in [0.717, 1.165) is 56.6 Å². The average molecular weight is 353 g/mol. The fourth-order valence-corrected chi connectivity index (χ4v) is 3.67. The lowest BCUT2D eigenvalue weighted by Crippen LogP contribution is -2.36. The van der Waals surface area contributed by atoms with E-state index in [2.05, 4.69) is 44.4 Å². The van der Waals surface area contributed by atoms with Gasteiger partial charge in [-0.05, 0) is 38.3 Å². The molecule has 2 aliphatic heterocycles. The van der Waals surface area contributed by atoms with Gasteiger partial charge in [0.25, 0.3) is 0 Å². The molecule has 6 nitrogen and oxygen atoms in total. The first-order chi connectivity index (χ1) is 12.8. The predicted molar refractivity (Wildman–Crippen MR) is 106 cm³/mol. The highest BCUT2D eigenvalue weighted by Gasteiger charge is 2.17. The molecule has 2 fully saturated rings. The summed E-state index contributed by atoms with van der Waals surface area (Å²) in [5.74, 6) is 1.70. The van der Waals surface area contributed by atoms with Crippen LogP contribution in [0.5, 0.6) is 0 Å². The zero-order valence-corrected chi connectivity index (χ0v) is 15.4. The second-order valence-corrected chi connectivity index (χ2v) is 6.98. The average Bonchev–Trinajstić information content (AvgIpc) is 2.69. The molecule has 0 bridgehead atoms. The highest BCUT2D eigenvalue weighted by molar-refractivity contribution is 5.73. The van der Waals surface area contributed by atoms with Crippen molar-refractivity contribution in [2.24, 2.45) is 0 Å². The molecule has 2 saturated heterocycles. The molecular weight excluding hydrogens is 326 g/mol. The molecule has 26 heavy (non-hydrogen) atoms.